The predicted molar refractivity (Wildman–Crippen MR) is 65.0 cm³/mol. The average Bonchev–Trinajstić information content (AvgIpc) is 2.30. The molecule has 1 aromatic carbocycles. The van der Waals surface area contributed by atoms with Gasteiger partial charge in [-0.05, 0) is 37.8 Å². The molecule has 86 valence electrons. The highest BCUT2D eigenvalue weighted by molar-refractivity contribution is 5.39. The lowest BCUT2D eigenvalue weighted by molar-refractivity contribution is 0.263. The van der Waals surface area contributed by atoms with Crippen molar-refractivity contribution in [3.8, 4) is 11.5 Å². The summed E-state index contributed by atoms with van der Waals surface area (Å²) >= 11 is 0. The molecule has 0 bridgehead atoms. The van der Waals surface area contributed by atoms with Gasteiger partial charge in [-0.1, -0.05) is 24.3 Å². The van der Waals surface area contributed by atoms with E-state index >= 15 is 0 Å². The van der Waals surface area contributed by atoms with Gasteiger partial charge < -0.3 is 9.47 Å². The Balaban J connectivity index is 2.03. The third kappa shape index (κ3) is 3.30. The molecule has 2 heteroatoms. The molecule has 0 radical (unpaired) electrons. The SMILES string of the molecule is C1=C/CCCOc2ccccc2OCCC/1. The lowest BCUT2D eigenvalue weighted by Gasteiger charge is -2.12. The molecule has 0 unspecified atom stereocenters. The van der Waals surface area contributed by atoms with Gasteiger partial charge in [-0.3, -0.25) is 0 Å². The standard InChI is InChI=1S/C14H18O2/c1-2-4-8-12-16-14-10-6-5-9-13(14)15-11-7-3-1/h1-2,5-6,9-10H,3-4,7-8,11-12H2/b2-1+. The maximum absolute atomic E-state index is 5.70. The first kappa shape index (κ1) is 11.1. The quantitative estimate of drug-likeness (QED) is 0.620. The summed E-state index contributed by atoms with van der Waals surface area (Å²) in [5, 5.41) is 0. The minimum Gasteiger partial charge on any atom is -0.490 e. The summed E-state index contributed by atoms with van der Waals surface area (Å²) in [5.41, 5.74) is 0. The third-order valence-electron chi connectivity index (χ3n) is 2.56. The summed E-state index contributed by atoms with van der Waals surface area (Å²) in [6.07, 6.45) is 8.79. The molecule has 0 N–H and O–H groups in total. The largest absolute Gasteiger partial charge is 0.490 e. The van der Waals surface area contributed by atoms with E-state index < -0.39 is 0 Å². The highest BCUT2D eigenvalue weighted by Crippen LogP contribution is 2.26. The van der Waals surface area contributed by atoms with Gasteiger partial charge in [-0.2, -0.15) is 0 Å². The number of benzene rings is 1. The maximum Gasteiger partial charge on any atom is 0.161 e. The minimum absolute atomic E-state index is 0.755. The van der Waals surface area contributed by atoms with Crippen molar-refractivity contribution in [2.24, 2.45) is 0 Å². The molecule has 0 spiro atoms. The van der Waals surface area contributed by atoms with Gasteiger partial charge in [0.1, 0.15) is 0 Å². The van der Waals surface area contributed by atoms with Crippen LogP contribution < -0.4 is 9.47 Å². The van der Waals surface area contributed by atoms with E-state index in [4.69, 9.17) is 9.47 Å². The van der Waals surface area contributed by atoms with Crippen LogP contribution in [0.5, 0.6) is 11.5 Å². The second-order valence-electron chi connectivity index (χ2n) is 3.90. The Morgan fingerprint density at radius 3 is 1.75 bits per heavy atom. The lowest BCUT2D eigenvalue weighted by Crippen LogP contribution is -2.02. The zero-order valence-electron chi connectivity index (χ0n) is 9.52. The Morgan fingerprint density at radius 2 is 1.25 bits per heavy atom. The number of ether oxygens (including phenoxy) is 2. The molecule has 1 aliphatic rings. The molecule has 16 heavy (non-hydrogen) atoms. The molecule has 1 aliphatic heterocycles. The fourth-order valence-corrected chi connectivity index (χ4v) is 1.69. The Morgan fingerprint density at radius 1 is 0.750 bits per heavy atom. The van der Waals surface area contributed by atoms with Crippen LogP contribution in [0.1, 0.15) is 25.7 Å². The number of rotatable bonds is 0. The van der Waals surface area contributed by atoms with E-state index in [1.165, 1.54) is 0 Å². The second-order valence-corrected chi connectivity index (χ2v) is 3.90. The van der Waals surface area contributed by atoms with Crippen LogP contribution in [0.2, 0.25) is 0 Å². The van der Waals surface area contributed by atoms with Crippen LogP contribution in [0.3, 0.4) is 0 Å². The van der Waals surface area contributed by atoms with Crippen molar-refractivity contribution in [2.75, 3.05) is 13.2 Å². The number of hydrogen-bond donors (Lipinski definition) is 0. The van der Waals surface area contributed by atoms with Crippen molar-refractivity contribution in [1.82, 2.24) is 0 Å². The Kier molecular flexibility index (Phi) is 4.29. The van der Waals surface area contributed by atoms with Crippen molar-refractivity contribution in [1.29, 1.82) is 0 Å². The Bertz CT molecular complexity index is 311. The van der Waals surface area contributed by atoms with Gasteiger partial charge in [-0.15, -0.1) is 0 Å². The summed E-state index contributed by atoms with van der Waals surface area (Å²) in [6.45, 7) is 1.51. The minimum atomic E-state index is 0.755. The molecule has 0 aliphatic carbocycles. The normalized spacial score (nSPS) is 19.2. The summed E-state index contributed by atoms with van der Waals surface area (Å²) in [4.78, 5) is 0. The summed E-state index contributed by atoms with van der Waals surface area (Å²) in [7, 11) is 0. The van der Waals surface area contributed by atoms with Crippen LogP contribution in [0, 0.1) is 0 Å². The Hall–Kier alpha value is -1.44. The fraction of sp³-hybridized carbons (Fsp3) is 0.429. The van der Waals surface area contributed by atoms with Crippen LogP contribution in [-0.4, -0.2) is 13.2 Å². The number of fused-ring (bicyclic) bond motifs is 1. The van der Waals surface area contributed by atoms with Gasteiger partial charge >= 0.3 is 0 Å². The van der Waals surface area contributed by atoms with E-state index in [-0.39, 0.29) is 0 Å². The van der Waals surface area contributed by atoms with Gasteiger partial charge in [0.2, 0.25) is 0 Å². The molecular formula is C14H18O2. The van der Waals surface area contributed by atoms with E-state index in [1.54, 1.807) is 0 Å². The third-order valence-corrected chi connectivity index (χ3v) is 2.56. The molecule has 1 heterocycles. The molecule has 0 aromatic heterocycles. The van der Waals surface area contributed by atoms with E-state index in [0.717, 1.165) is 50.4 Å². The molecule has 0 amide bonds. The van der Waals surface area contributed by atoms with Gasteiger partial charge in [0, 0.05) is 0 Å². The van der Waals surface area contributed by atoms with E-state index in [0.29, 0.717) is 0 Å². The summed E-state index contributed by atoms with van der Waals surface area (Å²) in [5.74, 6) is 1.74. The molecule has 0 fully saturated rings. The van der Waals surface area contributed by atoms with Crippen molar-refractivity contribution in [3.63, 3.8) is 0 Å². The van der Waals surface area contributed by atoms with Crippen molar-refractivity contribution in [3.05, 3.63) is 36.4 Å². The van der Waals surface area contributed by atoms with Crippen molar-refractivity contribution < 1.29 is 9.47 Å². The second kappa shape index (κ2) is 6.21. The lowest BCUT2D eigenvalue weighted by atomic mass is 10.2. The first-order valence-corrected chi connectivity index (χ1v) is 5.96. The first-order chi connectivity index (χ1) is 7.97. The molecule has 0 saturated carbocycles. The van der Waals surface area contributed by atoms with Gasteiger partial charge in [0.25, 0.3) is 0 Å². The van der Waals surface area contributed by atoms with Crippen LogP contribution in [-0.2, 0) is 0 Å². The predicted octanol–water partition coefficient (Wildman–Crippen LogP) is 3.57. The number of hydrogen-bond acceptors (Lipinski definition) is 2. The van der Waals surface area contributed by atoms with E-state index in [1.807, 2.05) is 24.3 Å². The van der Waals surface area contributed by atoms with Crippen molar-refractivity contribution >= 4 is 0 Å². The highest BCUT2D eigenvalue weighted by atomic mass is 16.5. The first-order valence-electron chi connectivity index (χ1n) is 5.96. The molecular weight excluding hydrogens is 200 g/mol. The summed E-state index contributed by atoms with van der Waals surface area (Å²) < 4.78 is 11.4. The van der Waals surface area contributed by atoms with Gasteiger partial charge in [0.05, 0.1) is 13.2 Å². The monoisotopic (exact) mass is 218 g/mol. The zero-order valence-corrected chi connectivity index (χ0v) is 9.52. The van der Waals surface area contributed by atoms with Crippen LogP contribution >= 0.6 is 0 Å². The van der Waals surface area contributed by atoms with E-state index in [9.17, 15) is 0 Å². The number of para-hydroxylation sites is 2. The molecule has 1 aromatic rings. The molecule has 2 nitrogen and oxygen atoms in total. The topological polar surface area (TPSA) is 18.5 Å². The van der Waals surface area contributed by atoms with Crippen LogP contribution in [0.15, 0.2) is 36.4 Å². The van der Waals surface area contributed by atoms with E-state index in [2.05, 4.69) is 12.2 Å². The van der Waals surface area contributed by atoms with Gasteiger partial charge in [0.15, 0.2) is 11.5 Å². The fourth-order valence-electron chi connectivity index (χ4n) is 1.69. The highest BCUT2D eigenvalue weighted by Gasteiger charge is 2.03. The average molecular weight is 218 g/mol. The smallest absolute Gasteiger partial charge is 0.161 e. The molecule has 2 rings (SSSR count). The molecule has 0 atom stereocenters. The van der Waals surface area contributed by atoms with Gasteiger partial charge in [-0.25, -0.2) is 0 Å². The van der Waals surface area contributed by atoms with Crippen LogP contribution in [0.4, 0.5) is 0 Å². The zero-order chi connectivity index (χ0) is 11.1. The van der Waals surface area contributed by atoms with Crippen LogP contribution in [0.25, 0.3) is 0 Å². The maximum atomic E-state index is 5.70. The molecule has 0 saturated heterocycles. The van der Waals surface area contributed by atoms with Crippen molar-refractivity contribution in [2.45, 2.75) is 25.7 Å². The Labute approximate surface area is 96.9 Å². The number of allylic oxidation sites excluding steroid dienone is 2. The summed E-state index contributed by atoms with van der Waals surface area (Å²) in [6, 6.07) is 7.90.